The molecule has 5 rings (SSSR count). The number of benzene rings is 2. The average Bonchev–Trinajstić information content (AvgIpc) is 3.52. The number of rotatable bonds is 4. The normalized spacial score (nSPS) is 12.8. The molecule has 0 saturated carbocycles. The van der Waals surface area contributed by atoms with E-state index in [2.05, 4.69) is 31.5 Å². The number of aromatic nitrogens is 6. The van der Waals surface area contributed by atoms with Crippen molar-refractivity contribution in [2.24, 2.45) is 0 Å². The molecule has 2 N–H and O–H groups in total. The molecule has 0 radical (unpaired) electrons. The first-order valence-electron chi connectivity index (χ1n) is 10.4. The van der Waals surface area contributed by atoms with E-state index in [1.54, 1.807) is 41.1 Å². The van der Waals surface area contributed by atoms with E-state index in [0.29, 0.717) is 23.4 Å². The van der Waals surface area contributed by atoms with E-state index in [1.165, 1.54) is 23.1 Å². The molecule has 166 valence electrons. The number of halogens is 1. The van der Waals surface area contributed by atoms with Gasteiger partial charge in [-0.3, -0.25) is 20.4 Å². The number of nitrogens with one attached hydrogen (secondary N) is 2. The Labute approximate surface area is 187 Å². The first kappa shape index (κ1) is 20.5. The summed E-state index contributed by atoms with van der Waals surface area (Å²) in [6, 6.07) is 12.5. The van der Waals surface area contributed by atoms with Gasteiger partial charge in [-0.2, -0.15) is 5.10 Å². The molecule has 2 heterocycles. The Morgan fingerprint density at radius 3 is 2.30 bits per heavy atom. The van der Waals surface area contributed by atoms with Crippen LogP contribution in [0.5, 0.6) is 0 Å². The molecular weight excluding hydrogens is 427 g/mol. The molecule has 2 amide bonds. The van der Waals surface area contributed by atoms with Crippen LogP contribution in [0, 0.1) is 5.82 Å². The summed E-state index contributed by atoms with van der Waals surface area (Å²) in [5.74, 6) is -1.32. The molecular formula is C22H19FN8O2. The highest BCUT2D eigenvalue weighted by molar-refractivity contribution is 5.99. The maximum atomic E-state index is 13.3. The third-order valence-corrected chi connectivity index (χ3v) is 5.50. The van der Waals surface area contributed by atoms with Crippen LogP contribution in [0.3, 0.4) is 0 Å². The van der Waals surface area contributed by atoms with Gasteiger partial charge in [-0.05, 0) is 84.6 Å². The molecule has 0 atom stereocenters. The van der Waals surface area contributed by atoms with Crippen LogP contribution in [-0.4, -0.2) is 41.8 Å². The van der Waals surface area contributed by atoms with E-state index in [0.717, 1.165) is 30.5 Å². The van der Waals surface area contributed by atoms with Gasteiger partial charge in [-0.1, -0.05) is 0 Å². The van der Waals surface area contributed by atoms with Crippen LogP contribution in [0.15, 0.2) is 54.9 Å². The van der Waals surface area contributed by atoms with Crippen LogP contribution in [-0.2, 0) is 12.8 Å². The summed E-state index contributed by atoms with van der Waals surface area (Å²) in [6.45, 7) is 0. The van der Waals surface area contributed by atoms with Gasteiger partial charge in [-0.15, -0.1) is 5.10 Å². The molecule has 11 heteroatoms. The van der Waals surface area contributed by atoms with Crippen molar-refractivity contribution in [1.29, 1.82) is 0 Å². The summed E-state index contributed by atoms with van der Waals surface area (Å²) in [4.78, 5) is 25.4. The first-order chi connectivity index (χ1) is 16.1. The molecule has 1 aliphatic carbocycles. The second-order valence-corrected chi connectivity index (χ2v) is 7.58. The van der Waals surface area contributed by atoms with Crippen molar-refractivity contribution in [1.82, 2.24) is 40.8 Å². The van der Waals surface area contributed by atoms with E-state index < -0.39 is 11.8 Å². The van der Waals surface area contributed by atoms with Crippen LogP contribution >= 0.6 is 0 Å². The molecule has 0 unspecified atom stereocenters. The number of hydrazine groups is 1. The Kier molecular flexibility index (Phi) is 5.35. The highest BCUT2D eigenvalue weighted by atomic mass is 19.1. The zero-order chi connectivity index (χ0) is 22.8. The number of amides is 2. The summed E-state index contributed by atoms with van der Waals surface area (Å²) < 4.78 is 16.5. The third-order valence-electron chi connectivity index (χ3n) is 5.50. The van der Waals surface area contributed by atoms with Crippen molar-refractivity contribution in [3.8, 4) is 11.4 Å². The van der Waals surface area contributed by atoms with E-state index in [1.807, 2.05) is 0 Å². The molecule has 4 aromatic rings. The predicted octanol–water partition coefficient (Wildman–Crippen LogP) is 1.94. The molecule has 33 heavy (non-hydrogen) atoms. The predicted molar refractivity (Wildman–Crippen MR) is 114 cm³/mol. The number of carbonyl (C=O) groups is 2. The fourth-order valence-electron chi connectivity index (χ4n) is 3.87. The zero-order valence-electron chi connectivity index (χ0n) is 17.4. The van der Waals surface area contributed by atoms with Crippen molar-refractivity contribution in [2.75, 3.05) is 0 Å². The Bertz CT molecular complexity index is 1300. The molecule has 0 aliphatic heterocycles. The highest BCUT2D eigenvalue weighted by Crippen LogP contribution is 2.27. The molecule has 0 spiro atoms. The monoisotopic (exact) mass is 446 g/mol. The minimum Gasteiger partial charge on any atom is -0.267 e. The lowest BCUT2D eigenvalue weighted by molar-refractivity contribution is 0.0843. The minimum atomic E-state index is -0.507. The van der Waals surface area contributed by atoms with Crippen molar-refractivity contribution in [2.45, 2.75) is 25.7 Å². The molecule has 2 aromatic heterocycles. The SMILES string of the molecule is O=C(NNC(=O)c1nn(-c2ccc(F)cc2)c2c1CCCC2)c1ccc(-n2cnnn2)cc1. The quantitative estimate of drug-likeness (QED) is 0.463. The van der Waals surface area contributed by atoms with E-state index >= 15 is 0 Å². The fraction of sp³-hybridized carbons (Fsp3) is 0.182. The molecule has 2 aromatic carbocycles. The third kappa shape index (κ3) is 4.07. The largest absolute Gasteiger partial charge is 0.290 e. The van der Waals surface area contributed by atoms with Gasteiger partial charge >= 0.3 is 0 Å². The number of hydrogen-bond acceptors (Lipinski definition) is 6. The Balaban J connectivity index is 1.31. The van der Waals surface area contributed by atoms with Crippen molar-refractivity contribution in [3.05, 3.63) is 83.2 Å². The summed E-state index contributed by atoms with van der Waals surface area (Å²) in [7, 11) is 0. The summed E-state index contributed by atoms with van der Waals surface area (Å²) in [6.07, 6.45) is 4.86. The highest BCUT2D eigenvalue weighted by Gasteiger charge is 2.26. The lowest BCUT2D eigenvalue weighted by Crippen LogP contribution is -2.42. The van der Waals surface area contributed by atoms with Gasteiger partial charge in [0.25, 0.3) is 11.8 Å². The lowest BCUT2D eigenvalue weighted by Gasteiger charge is -2.14. The van der Waals surface area contributed by atoms with Gasteiger partial charge in [0.15, 0.2) is 5.69 Å². The maximum absolute atomic E-state index is 13.3. The van der Waals surface area contributed by atoms with Gasteiger partial charge in [0.1, 0.15) is 12.1 Å². The number of carbonyl (C=O) groups excluding carboxylic acids is 2. The van der Waals surface area contributed by atoms with Crippen molar-refractivity contribution in [3.63, 3.8) is 0 Å². The van der Waals surface area contributed by atoms with Gasteiger partial charge in [-0.25, -0.2) is 13.8 Å². The van der Waals surface area contributed by atoms with Gasteiger partial charge in [0, 0.05) is 16.8 Å². The van der Waals surface area contributed by atoms with Crippen molar-refractivity contribution >= 4 is 11.8 Å². The van der Waals surface area contributed by atoms with Crippen LogP contribution < -0.4 is 10.9 Å². The number of fused-ring (bicyclic) bond motifs is 1. The van der Waals surface area contributed by atoms with Gasteiger partial charge in [0.2, 0.25) is 0 Å². The zero-order valence-corrected chi connectivity index (χ0v) is 17.4. The van der Waals surface area contributed by atoms with Gasteiger partial charge in [0.05, 0.1) is 11.4 Å². The Hall–Kier alpha value is -4.41. The number of nitrogens with zero attached hydrogens (tertiary/aromatic N) is 6. The molecule has 0 bridgehead atoms. The molecule has 0 fully saturated rings. The Morgan fingerprint density at radius 2 is 1.58 bits per heavy atom. The standard InChI is InChI=1S/C22H19FN8O2/c23-15-7-11-17(12-8-15)31-19-4-2-1-3-18(19)20(27-31)22(33)26-25-21(32)14-5-9-16(10-6-14)30-13-24-28-29-30/h5-13H,1-4H2,(H,25,32)(H,26,33). The van der Waals surface area contributed by atoms with E-state index in [4.69, 9.17) is 0 Å². The van der Waals surface area contributed by atoms with Crippen LogP contribution in [0.25, 0.3) is 11.4 Å². The van der Waals surface area contributed by atoms with Crippen LogP contribution in [0.2, 0.25) is 0 Å². The average molecular weight is 446 g/mol. The second kappa shape index (κ2) is 8.61. The minimum absolute atomic E-state index is 0.253. The maximum Gasteiger partial charge on any atom is 0.290 e. The molecule has 1 aliphatic rings. The number of hydrogen-bond donors (Lipinski definition) is 2. The Morgan fingerprint density at radius 1 is 0.879 bits per heavy atom. The van der Waals surface area contributed by atoms with E-state index in [9.17, 15) is 14.0 Å². The fourth-order valence-corrected chi connectivity index (χ4v) is 3.87. The van der Waals surface area contributed by atoms with Crippen LogP contribution in [0.4, 0.5) is 4.39 Å². The first-order valence-corrected chi connectivity index (χ1v) is 10.4. The summed E-state index contributed by atoms with van der Waals surface area (Å²) >= 11 is 0. The van der Waals surface area contributed by atoms with Crippen LogP contribution in [0.1, 0.15) is 44.9 Å². The van der Waals surface area contributed by atoms with E-state index in [-0.39, 0.29) is 11.5 Å². The summed E-state index contributed by atoms with van der Waals surface area (Å²) in [5, 5.41) is 15.4. The molecule has 0 saturated heterocycles. The lowest BCUT2D eigenvalue weighted by atomic mass is 9.95. The second-order valence-electron chi connectivity index (χ2n) is 7.58. The number of tetrazole rings is 1. The van der Waals surface area contributed by atoms with Crippen molar-refractivity contribution < 1.29 is 14.0 Å². The molecule has 10 nitrogen and oxygen atoms in total. The smallest absolute Gasteiger partial charge is 0.267 e. The summed E-state index contributed by atoms with van der Waals surface area (Å²) in [5.41, 5.74) is 8.64. The topological polar surface area (TPSA) is 120 Å². The van der Waals surface area contributed by atoms with Gasteiger partial charge < -0.3 is 0 Å².